The van der Waals surface area contributed by atoms with Gasteiger partial charge in [0.25, 0.3) is 0 Å². The second-order valence-electron chi connectivity index (χ2n) is 6.12. The summed E-state index contributed by atoms with van der Waals surface area (Å²) in [5.74, 6) is 0.312. The Kier molecular flexibility index (Phi) is 6.30. The van der Waals surface area contributed by atoms with Crippen molar-refractivity contribution in [3.63, 3.8) is 0 Å². The first-order valence-electron chi connectivity index (χ1n) is 8.39. The molecule has 1 aliphatic carbocycles. The number of carbonyl (C=O) groups is 1. The molecule has 2 unspecified atom stereocenters. The van der Waals surface area contributed by atoms with Crippen molar-refractivity contribution in [2.45, 2.75) is 64.5 Å². The molecule has 0 aromatic heterocycles. The van der Waals surface area contributed by atoms with Crippen LogP contribution in [0.4, 0.5) is 0 Å². The Morgan fingerprint density at radius 1 is 1.20 bits per heavy atom. The predicted octanol–water partition coefficient (Wildman–Crippen LogP) is 2.28. The quantitative estimate of drug-likeness (QED) is 0.749. The summed E-state index contributed by atoms with van der Waals surface area (Å²) in [6, 6.07) is 0.343. The molecule has 0 N–H and O–H groups in total. The number of morpholine rings is 1. The molecule has 1 aliphatic heterocycles. The maximum absolute atomic E-state index is 12.6. The van der Waals surface area contributed by atoms with E-state index in [1.807, 2.05) is 0 Å². The number of ether oxygens (including phenoxy) is 1. The number of carbonyl (C=O) groups excluding carboxylic acids is 1. The summed E-state index contributed by atoms with van der Waals surface area (Å²) in [7, 11) is 0. The van der Waals surface area contributed by atoms with Gasteiger partial charge in [0.1, 0.15) is 0 Å². The molecule has 2 aliphatic rings. The lowest BCUT2D eigenvalue weighted by molar-refractivity contribution is -0.150. The molecule has 2 rings (SSSR count). The molecule has 20 heavy (non-hydrogen) atoms. The van der Waals surface area contributed by atoms with E-state index in [1.165, 1.54) is 12.8 Å². The maximum Gasteiger partial charge on any atom is 0.237 e. The van der Waals surface area contributed by atoms with Gasteiger partial charge in [0.2, 0.25) is 5.91 Å². The van der Waals surface area contributed by atoms with Crippen LogP contribution in [0.5, 0.6) is 0 Å². The highest BCUT2D eigenvalue weighted by Crippen LogP contribution is 2.28. The first-order chi connectivity index (χ1) is 9.76. The van der Waals surface area contributed by atoms with Crippen molar-refractivity contribution in [3.05, 3.63) is 0 Å². The monoisotopic (exact) mass is 282 g/mol. The van der Waals surface area contributed by atoms with E-state index < -0.39 is 0 Å². The minimum atomic E-state index is 0.298. The molecule has 1 saturated carbocycles. The van der Waals surface area contributed by atoms with Gasteiger partial charge in [-0.3, -0.25) is 9.69 Å². The number of fused-ring (bicyclic) bond motifs is 1. The minimum Gasteiger partial charge on any atom is -0.374 e. The molecule has 1 saturated heterocycles. The highest BCUT2D eigenvalue weighted by Gasteiger charge is 2.36. The summed E-state index contributed by atoms with van der Waals surface area (Å²) < 4.78 is 5.85. The van der Waals surface area contributed by atoms with Crippen molar-refractivity contribution in [1.29, 1.82) is 0 Å². The van der Waals surface area contributed by atoms with Gasteiger partial charge in [-0.05, 0) is 38.8 Å². The molecule has 4 nitrogen and oxygen atoms in total. The summed E-state index contributed by atoms with van der Waals surface area (Å²) in [6.07, 6.45) is 7.26. The van der Waals surface area contributed by atoms with Crippen molar-refractivity contribution >= 4 is 5.91 Å². The van der Waals surface area contributed by atoms with Gasteiger partial charge >= 0.3 is 0 Å². The van der Waals surface area contributed by atoms with Gasteiger partial charge in [0.15, 0.2) is 0 Å². The van der Waals surface area contributed by atoms with Crippen LogP contribution >= 0.6 is 0 Å². The van der Waals surface area contributed by atoms with Gasteiger partial charge in [-0.2, -0.15) is 0 Å². The summed E-state index contributed by atoms with van der Waals surface area (Å²) in [4.78, 5) is 17.1. The van der Waals surface area contributed by atoms with E-state index in [9.17, 15) is 4.79 Å². The van der Waals surface area contributed by atoms with E-state index in [1.54, 1.807) is 0 Å². The molecular formula is C16H30N2O2. The van der Waals surface area contributed by atoms with E-state index in [2.05, 4.69) is 23.6 Å². The number of hydrogen-bond donors (Lipinski definition) is 0. The van der Waals surface area contributed by atoms with Crippen molar-refractivity contribution in [2.24, 2.45) is 0 Å². The topological polar surface area (TPSA) is 32.8 Å². The summed E-state index contributed by atoms with van der Waals surface area (Å²) in [5, 5.41) is 0. The first-order valence-corrected chi connectivity index (χ1v) is 8.39. The highest BCUT2D eigenvalue weighted by molar-refractivity contribution is 5.78. The molecule has 0 spiro atoms. The highest BCUT2D eigenvalue weighted by atomic mass is 16.5. The lowest BCUT2D eigenvalue weighted by Gasteiger charge is -2.44. The second-order valence-corrected chi connectivity index (χ2v) is 6.12. The normalized spacial score (nSPS) is 26.6. The van der Waals surface area contributed by atoms with Crippen molar-refractivity contribution in [1.82, 2.24) is 9.80 Å². The summed E-state index contributed by atoms with van der Waals surface area (Å²) in [5.41, 5.74) is 0. The molecule has 0 aromatic carbocycles. The molecule has 0 radical (unpaired) electrons. The molecule has 4 heteroatoms. The van der Waals surface area contributed by atoms with Gasteiger partial charge in [-0.15, -0.1) is 0 Å². The third-order valence-corrected chi connectivity index (χ3v) is 4.49. The zero-order valence-electron chi connectivity index (χ0n) is 13.1. The molecule has 1 heterocycles. The molecule has 0 aromatic rings. The van der Waals surface area contributed by atoms with Crippen LogP contribution in [-0.4, -0.2) is 60.6 Å². The number of rotatable bonds is 6. The van der Waals surface area contributed by atoms with Crippen LogP contribution < -0.4 is 0 Å². The average Bonchev–Trinajstić information content (AvgIpc) is 2.47. The number of hydrogen-bond acceptors (Lipinski definition) is 3. The molecular weight excluding hydrogens is 252 g/mol. The Morgan fingerprint density at radius 2 is 1.90 bits per heavy atom. The largest absolute Gasteiger partial charge is 0.374 e. The lowest BCUT2D eigenvalue weighted by atomic mass is 9.90. The van der Waals surface area contributed by atoms with Gasteiger partial charge in [-0.1, -0.05) is 26.7 Å². The first kappa shape index (κ1) is 15.8. The van der Waals surface area contributed by atoms with Crippen LogP contribution in [0, 0.1) is 0 Å². The molecule has 0 bridgehead atoms. The summed E-state index contributed by atoms with van der Waals surface area (Å²) in [6.45, 7) is 8.50. The third-order valence-electron chi connectivity index (χ3n) is 4.49. The van der Waals surface area contributed by atoms with Crippen LogP contribution in [0.3, 0.4) is 0 Å². The van der Waals surface area contributed by atoms with E-state index in [0.717, 1.165) is 45.3 Å². The van der Waals surface area contributed by atoms with Gasteiger partial charge in [0, 0.05) is 6.54 Å². The van der Waals surface area contributed by atoms with Crippen molar-refractivity contribution in [3.8, 4) is 0 Å². The maximum atomic E-state index is 12.6. The van der Waals surface area contributed by atoms with E-state index in [4.69, 9.17) is 4.74 Å². The fraction of sp³-hybridized carbons (Fsp3) is 0.938. The second kappa shape index (κ2) is 7.99. The smallest absolute Gasteiger partial charge is 0.237 e. The van der Waals surface area contributed by atoms with Crippen molar-refractivity contribution < 1.29 is 9.53 Å². The van der Waals surface area contributed by atoms with Crippen LogP contribution in [0.2, 0.25) is 0 Å². The molecule has 2 atom stereocenters. The number of nitrogens with zero attached hydrogens (tertiary/aromatic N) is 2. The zero-order valence-corrected chi connectivity index (χ0v) is 13.1. The molecule has 1 amide bonds. The number of amides is 1. The standard InChI is InChI=1S/C16H30N2O2/c1-3-9-17(10-4-2)13-16(19)18-11-12-20-15-8-6-5-7-14(15)18/h14-15H,3-13H2,1-2H3. The van der Waals surface area contributed by atoms with E-state index in [0.29, 0.717) is 31.2 Å². The van der Waals surface area contributed by atoms with Crippen LogP contribution in [0.25, 0.3) is 0 Å². The minimum absolute atomic E-state index is 0.298. The van der Waals surface area contributed by atoms with Gasteiger partial charge < -0.3 is 9.64 Å². The molecule has 2 fully saturated rings. The Labute approximate surface area is 123 Å². The van der Waals surface area contributed by atoms with Crippen LogP contribution in [0.1, 0.15) is 52.4 Å². The fourth-order valence-corrected chi connectivity index (χ4v) is 3.59. The van der Waals surface area contributed by atoms with E-state index >= 15 is 0 Å². The SMILES string of the molecule is CCCN(CCC)CC(=O)N1CCOC2CCCCC21. The van der Waals surface area contributed by atoms with E-state index in [-0.39, 0.29) is 0 Å². The van der Waals surface area contributed by atoms with Crippen LogP contribution in [-0.2, 0) is 9.53 Å². The zero-order chi connectivity index (χ0) is 14.4. The Balaban J connectivity index is 1.92. The Hall–Kier alpha value is -0.610. The average molecular weight is 282 g/mol. The fourth-order valence-electron chi connectivity index (χ4n) is 3.59. The Morgan fingerprint density at radius 3 is 2.60 bits per heavy atom. The van der Waals surface area contributed by atoms with Crippen molar-refractivity contribution in [2.75, 3.05) is 32.8 Å². The van der Waals surface area contributed by atoms with Gasteiger partial charge in [-0.25, -0.2) is 0 Å². The lowest BCUT2D eigenvalue weighted by Crippen LogP contribution is -2.56. The molecule has 116 valence electrons. The Bertz CT molecular complexity index is 301. The predicted molar refractivity (Wildman–Crippen MR) is 80.7 cm³/mol. The van der Waals surface area contributed by atoms with Gasteiger partial charge in [0.05, 0.1) is 25.3 Å². The summed E-state index contributed by atoms with van der Waals surface area (Å²) >= 11 is 0. The third kappa shape index (κ3) is 3.95. The van der Waals surface area contributed by atoms with Crippen LogP contribution in [0.15, 0.2) is 0 Å².